The Morgan fingerprint density at radius 1 is 0.846 bits per heavy atom. The van der Waals surface area contributed by atoms with Crippen molar-refractivity contribution in [2.45, 2.75) is 42.1 Å². The third kappa shape index (κ3) is 1.45. The Morgan fingerprint density at radius 3 is 2.38 bits per heavy atom. The highest BCUT2D eigenvalue weighted by molar-refractivity contribution is 7.06. The maximum atomic E-state index is 2.55. The van der Waals surface area contributed by atoms with Gasteiger partial charge < -0.3 is 0 Å². The molecule has 5 radical (unpaired) electrons. The van der Waals surface area contributed by atoms with Gasteiger partial charge in [-0.3, -0.25) is 0 Å². The summed E-state index contributed by atoms with van der Waals surface area (Å²) in [6.07, 6.45) is 5.22. The van der Waals surface area contributed by atoms with Crippen molar-refractivity contribution in [3.05, 3.63) is 0 Å². The average molecular weight is 160 g/mol. The van der Waals surface area contributed by atoms with Crippen molar-refractivity contribution in [1.29, 1.82) is 0 Å². The van der Waals surface area contributed by atoms with E-state index in [4.69, 9.17) is 0 Å². The molecule has 6 heteroatoms. The van der Waals surface area contributed by atoms with Gasteiger partial charge in [-0.25, -0.2) is 0 Å². The Morgan fingerprint density at radius 2 is 1.54 bits per heavy atom. The maximum Gasteiger partial charge on any atom is 0.109 e. The molecule has 0 saturated carbocycles. The van der Waals surface area contributed by atoms with Gasteiger partial charge in [0, 0.05) is 0 Å². The summed E-state index contributed by atoms with van der Waals surface area (Å²) in [5.41, 5.74) is 2.56. The van der Waals surface area contributed by atoms with Crippen molar-refractivity contribution in [3.63, 3.8) is 0 Å². The molecule has 3 atom stereocenters. The van der Waals surface area contributed by atoms with E-state index in [1.807, 2.05) is 0 Å². The van der Waals surface area contributed by atoms with Crippen molar-refractivity contribution >= 4 is 43.1 Å². The van der Waals surface area contributed by atoms with Crippen LogP contribution in [0.3, 0.4) is 0 Å². The molecule has 0 aromatic rings. The number of rotatable bonds is 0. The normalized spacial score (nSPS) is 41.2. The van der Waals surface area contributed by atoms with Crippen molar-refractivity contribution in [2.24, 2.45) is 0 Å². The van der Waals surface area contributed by atoms with Gasteiger partial charge in [-0.05, 0) is 0 Å². The number of hydrogen-bond acceptors (Lipinski definition) is 0. The number of hydrogen-bond donors (Lipinski definition) is 0. The lowest BCUT2D eigenvalue weighted by atomic mass is 8.93. The van der Waals surface area contributed by atoms with E-state index in [0.29, 0.717) is 0 Å². The second-order valence-electron chi connectivity index (χ2n) is 4.62. The third-order valence-electron chi connectivity index (χ3n) is 3.99. The average Bonchev–Trinajstić information content (AvgIpc) is 2.19. The largest absolute Gasteiger partial charge is 0.118 e. The molecule has 0 bridgehead atoms. The van der Waals surface area contributed by atoms with Crippen LogP contribution in [0, 0.1) is 0 Å². The highest BCUT2D eigenvalue weighted by Gasteiger charge is 2.45. The quantitative estimate of drug-likeness (QED) is 0.452. The molecule has 3 heterocycles. The molecular formula is C7H11B6. The molecule has 0 N–H and O–H groups in total. The third-order valence-corrected chi connectivity index (χ3v) is 3.99. The molecule has 3 rings (SSSR count). The first kappa shape index (κ1) is 8.68. The van der Waals surface area contributed by atoms with Crippen molar-refractivity contribution < 1.29 is 0 Å². The van der Waals surface area contributed by atoms with E-state index in [0.717, 1.165) is 23.7 Å². The smallest absolute Gasteiger partial charge is 0.109 e. The summed E-state index contributed by atoms with van der Waals surface area (Å²) in [7, 11) is 12.6. The lowest BCUT2D eigenvalue weighted by Gasteiger charge is -2.46. The van der Waals surface area contributed by atoms with Crippen LogP contribution in [0.15, 0.2) is 0 Å². The molecule has 3 unspecified atom stereocenters. The van der Waals surface area contributed by atoms with Crippen LogP contribution in [-0.4, -0.2) is 43.1 Å². The van der Waals surface area contributed by atoms with Crippen LogP contribution in [0.5, 0.6) is 0 Å². The van der Waals surface area contributed by atoms with Crippen LogP contribution in [0.1, 0.15) is 6.42 Å². The highest BCUT2D eigenvalue weighted by atomic mass is 14.0. The lowest BCUT2D eigenvalue weighted by molar-refractivity contribution is 0.939. The van der Waals surface area contributed by atoms with Gasteiger partial charge in [0.2, 0.25) is 0 Å². The Kier molecular flexibility index (Phi) is 2.35. The molecular weight excluding hydrogens is 149 g/mol. The van der Waals surface area contributed by atoms with Gasteiger partial charge >= 0.3 is 0 Å². The van der Waals surface area contributed by atoms with Gasteiger partial charge in [-0.15, -0.1) is 23.7 Å². The fraction of sp³-hybridized carbons (Fsp3) is 1.00. The van der Waals surface area contributed by atoms with Crippen molar-refractivity contribution in [3.8, 4) is 0 Å². The van der Waals surface area contributed by atoms with Crippen LogP contribution in [-0.2, 0) is 0 Å². The molecule has 57 valence electrons. The summed E-state index contributed by atoms with van der Waals surface area (Å²) >= 11 is 0. The van der Waals surface area contributed by atoms with Gasteiger partial charge in [-0.1, -0.05) is 18.5 Å². The molecule has 3 aliphatic rings. The standard InChI is InChI=1S/C7H11B6/c1-2-8-6-11-4-12-7-10-3-9-5(1)13(6)7/h5-7H,1-4H2. The molecule has 3 aliphatic heterocycles. The van der Waals surface area contributed by atoms with Crippen LogP contribution in [0.25, 0.3) is 0 Å². The Labute approximate surface area is 85.7 Å². The second kappa shape index (κ2) is 3.51. The molecule has 0 nitrogen and oxygen atoms in total. The van der Waals surface area contributed by atoms with Gasteiger partial charge in [0.1, 0.15) is 6.71 Å². The van der Waals surface area contributed by atoms with Crippen molar-refractivity contribution in [1.82, 2.24) is 0 Å². The molecule has 0 aliphatic carbocycles. The summed E-state index contributed by atoms with van der Waals surface area (Å²) in [6, 6.07) is 0. The summed E-state index contributed by atoms with van der Waals surface area (Å²) in [4.78, 5) is 0. The van der Waals surface area contributed by atoms with Crippen molar-refractivity contribution in [2.75, 3.05) is 0 Å². The van der Waals surface area contributed by atoms with E-state index in [1.165, 1.54) is 25.2 Å². The van der Waals surface area contributed by atoms with E-state index < -0.39 is 0 Å². The summed E-state index contributed by atoms with van der Waals surface area (Å²) < 4.78 is 0. The SMILES string of the molecule is [B]1C[B]C2[B]CCC3[B]C[B]C1B23. The van der Waals surface area contributed by atoms with Gasteiger partial charge in [0.05, 0.1) is 36.4 Å². The monoisotopic (exact) mass is 161 g/mol. The minimum atomic E-state index is 0.821. The van der Waals surface area contributed by atoms with E-state index in [9.17, 15) is 0 Å². The first-order valence-electron chi connectivity index (χ1n) is 5.62. The van der Waals surface area contributed by atoms with E-state index >= 15 is 0 Å². The van der Waals surface area contributed by atoms with Gasteiger partial charge in [-0.2, -0.15) is 0 Å². The molecule has 3 fully saturated rings. The Bertz CT molecular complexity index is 152. The first-order chi connectivity index (χ1) is 6.45. The second-order valence-corrected chi connectivity index (χ2v) is 4.62. The minimum Gasteiger partial charge on any atom is -0.118 e. The predicted molar refractivity (Wildman–Crippen MR) is 64.8 cm³/mol. The summed E-state index contributed by atoms with van der Waals surface area (Å²) in [5, 5.41) is 0. The van der Waals surface area contributed by atoms with E-state index in [2.05, 4.69) is 36.4 Å². The zero-order valence-electron chi connectivity index (χ0n) is 8.02. The summed E-state index contributed by atoms with van der Waals surface area (Å²) in [5.74, 6) is 0. The molecule has 0 aromatic carbocycles. The molecule has 0 spiro atoms. The van der Waals surface area contributed by atoms with Gasteiger partial charge in [0.25, 0.3) is 0 Å². The fourth-order valence-electron chi connectivity index (χ4n) is 3.40. The lowest BCUT2D eigenvalue weighted by Crippen LogP contribution is -2.53. The summed E-state index contributed by atoms with van der Waals surface area (Å²) in [6.45, 7) is 0.913. The van der Waals surface area contributed by atoms with Crippen LogP contribution in [0.2, 0.25) is 35.7 Å². The Hall–Kier alpha value is 0.390. The first-order valence-corrected chi connectivity index (χ1v) is 5.62. The van der Waals surface area contributed by atoms with Crippen LogP contribution < -0.4 is 0 Å². The Balaban J connectivity index is 1.82. The molecule has 13 heavy (non-hydrogen) atoms. The fourth-order valence-corrected chi connectivity index (χ4v) is 3.40. The van der Waals surface area contributed by atoms with E-state index in [-0.39, 0.29) is 0 Å². The zero-order chi connectivity index (χ0) is 8.67. The molecule has 3 saturated heterocycles. The molecule has 0 aromatic heterocycles. The topological polar surface area (TPSA) is 0 Å². The van der Waals surface area contributed by atoms with E-state index in [1.54, 1.807) is 0 Å². The predicted octanol–water partition coefficient (Wildman–Crippen LogP) is 0.501. The van der Waals surface area contributed by atoms with Crippen LogP contribution in [0.4, 0.5) is 0 Å². The molecule has 0 amide bonds. The zero-order valence-corrected chi connectivity index (χ0v) is 8.02. The highest BCUT2D eigenvalue weighted by Crippen LogP contribution is 2.42. The van der Waals surface area contributed by atoms with Crippen LogP contribution >= 0.6 is 0 Å². The van der Waals surface area contributed by atoms with Gasteiger partial charge in [0.15, 0.2) is 0 Å². The maximum absolute atomic E-state index is 2.55. The minimum absolute atomic E-state index is 0.821.